The first-order valence-electron chi connectivity index (χ1n) is 6.54. The Morgan fingerprint density at radius 1 is 1.57 bits per heavy atom. The van der Waals surface area contributed by atoms with Gasteiger partial charge in [-0.1, -0.05) is 17.7 Å². The van der Waals surface area contributed by atoms with Crippen LogP contribution in [0.15, 0.2) is 18.2 Å². The van der Waals surface area contributed by atoms with Crippen molar-refractivity contribution in [3.8, 4) is 0 Å². The van der Waals surface area contributed by atoms with Crippen LogP contribution in [0.25, 0.3) is 0 Å². The van der Waals surface area contributed by atoms with Crippen molar-refractivity contribution in [3.05, 3.63) is 34.6 Å². The van der Waals surface area contributed by atoms with E-state index in [-0.39, 0.29) is 28.5 Å². The molecule has 1 aliphatic rings. The van der Waals surface area contributed by atoms with E-state index in [0.29, 0.717) is 13.2 Å². The van der Waals surface area contributed by atoms with Crippen LogP contribution in [0.5, 0.6) is 0 Å². The molecule has 1 amide bonds. The highest BCUT2D eigenvalue weighted by Crippen LogP contribution is 2.21. The van der Waals surface area contributed by atoms with Crippen LogP contribution >= 0.6 is 24.0 Å². The molecule has 1 heterocycles. The number of nitrogens with one attached hydrogen (secondary N) is 2. The maximum Gasteiger partial charge on any atom is 0.255 e. The maximum atomic E-state index is 13.7. The molecule has 1 atom stereocenters. The van der Waals surface area contributed by atoms with Crippen LogP contribution in [-0.4, -0.2) is 38.3 Å². The number of halogens is 3. The minimum atomic E-state index is -0.616. The van der Waals surface area contributed by atoms with Gasteiger partial charge in [0.15, 0.2) is 0 Å². The summed E-state index contributed by atoms with van der Waals surface area (Å²) in [6.45, 7) is 1.77. The second-order valence-corrected chi connectivity index (χ2v) is 5.43. The quantitative estimate of drug-likeness (QED) is 0.868. The molecule has 1 aromatic rings. The molecule has 1 unspecified atom stereocenters. The first-order valence-corrected chi connectivity index (χ1v) is 6.92. The largest absolute Gasteiger partial charge is 0.383 e. The van der Waals surface area contributed by atoms with Crippen LogP contribution in [0.2, 0.25) is 5.02 Å². The zero-order valence-electron chi connectivity index (χ0n) is 11.7. The van der Waals surface area contributed by atoms with Gasteiger partial charge in [-0.2, -0.15) is 0 Å². The van der Waals surface area contributed by atoms with Crippen molar-refractivity contribution in [3.63, 3.8) is 0 Å². The highest BCUT2D eigenvalue weighted by molar-refractivity contribution is 6.33. The lowest BCUT2D eigenvalue weighted by molar-refractivity contribution is 0.0888. The second kappa shape index (κ2) is 7.94. The standard InChI is InChI=1S/C14H18ClFN2O2.ClH/c1-20-9-14(6-3-7-18-14)8-17-13(19)12-10(15)4-2-5-11(12)16;/h2,4-5,18H,3,6-9H2,1H3,(H,17,19);1H. The lowest BCUT2D eigenvalue weighted by Crippen LogP contribution is -2.53. The third-order valence-corrected chi connectivity index (χ3v) is 3.84. The van der Waals surface area contributed by atoms with Crippen molar-refractivity contribution < 1.29 is 13.9 Å². The molecule has 0 bridgehead atoms. The molecule has 0 aromatic heterocycles. The SMILES string of the molecule is COCC1(CNC(=O)c2c(F)cccc2Cl)CCCN1.Cl. The molecular formula is C14H19Cl2FN2O2. The number of carbonyl (C=O) groups is 1. The van der Waals surface area contributed by atoms with Gasteiger partial charge in [-0.3, -0.25) is 4.79 Å². The molecule has 0 saturated carbocycles. The summed E-state index contributed by atoms with van der Waals surface area (Å²) in [5.41, 5.74) is -0.387. The van der Waals surface area contributed by atoms with Gasteiger partial charge in [-0.15, -0.1) is 12.4 Å². The third-order valence-electron chi connectivity index (χ3n) is 3.53. The lowest BCUT2D eigenvalue weighted by Gasteiger charge is -2.29. The molecule has 7 heteroatoms. The van der Waals surface area contributed by atoms with Crippen molar-refractivity contribution in [2.45, 2.75) is 18.4 Å². The minimum absolute atomic E-state index is 0. The molecule has 21 heavy (non-hydrogen) atoms. The van der Waals surface area contributed by atoms with Gasteiger partial charge in [-0.25, -0.2) is 4.39 Å². The molecule has 1 saturated heterocycles. The van der Waals surface area contributed by atoms with Crippen LogP contribution in [0.4, 0.5) is 4.39 Å². The number of amides is 1. The summed E-state index contributed by atoms with van der Waals surface area (Å²) in [4.78, 5) is 12.1. The predicted molar refractivity (Wildman–Crippen MR) is 82.8 cm³/mol. The Hall–Kier alpha value is -0.880. The Balaban J connectivity index is 0.00000220. The summed E-state index contributed by atoms with van der Waals surface area (Å²) < 4.78 is 18.9. The number of hydrogen-bond acceptors (Lipinski definition) is 3. The Kier molecular flexibility index (Phi) is 6.87. The normalized spacial score (nSPS) is 20.9. The highest BCUT2D eigenvalue weighted by Gasteiger charge is 2.34. The molecule has 118 valence electrons. The van der Waals surface area contributed by atoms with Gasteiger partial charge in [0.25, 0.3) is 5.91 Å². The van der Waals surface area contributed by atoms with E-state index in [9.17, 15) is 9.18 Å². The van der Waals surface area contributed by atoms with Crippen molar-refractivity contribution in [1.29, 1.82) is 0 Å². The van der Waals surface area contributed by atoms with E-state index >= 15 is 0 Å². The average molecular weight is 337 g/mol. The summed E-state index contributed by atoms with van der Waals surface area (Å²) in [7, 11) is 1.62. The van der Waals surface area contributed by atoms with Crippen molar-refractivity contribution in [1.82, 2.24) is 10.6 Å². The Morgan fingerprint density at radius 2 is 2.33 bits per heavy atom. The van der Waals surface area contributed by atoms with Crippen LogP contribution in [0, 0.1) is 5.82 Å². The smallest absolute Gasteiger partial charge is 0.255 e. The maximum absolute atomic E-state index is 13.7. The lowest BCUT2D eigenvalue weighted by atomic mass is 9.98. The van der Waals surface area contributed by atoms with Gasteiger partial charge in [0, 0.05) is 13.7 Å². The predicted octanol–water partition coefficient (Wildman–Crippen LogP) is 2.40. The molecule has 0 aliphatic carbocycles. The summed E-state index contributed by atoms with van der Waals surface area (Å²) in [6, 6.07) is 4.19. The second-order valence-electron chi connectivity index (χ2n) is 5.02. The number of carbonyl (C=O) groups excluding carboxylic acids is 1. The first kappa shape index (κ1) is 18.2. The summed E-state index contributed by atoms with van der Waals surface area (Å²) in [5.74, 6) is -1.12. The average Bonchev–Trinajstić information content (AvgIpc) is 2.86. The van der Waals surface area contributed by atoms with E-state index in [0.717, 1.165) is 19.4 Å². The van der Waals surface area contributed by atoms with Gasteiger partial charge >= 0.3 is 0 Å². The fraction of sp³-hybridized carbons (Fsp3) is 0.500. The Morgan fingerprint density at radius 3 is 2.90 bits per heavy atom. The van der Waals surface area contributed by atoms with Crippen LogP contribution in [0.1, 0.15) is 23.2 Å². The number of ether oxygens (including phenoxy) is 1. The number of benzene rings is 1. The first-order chi connectivity index (χ1) is 9.58. The number of methoxy groups -OCH3 is 1. The molecule has 0 spiro atoms. The molecule has 1 aromatic carbocycles. The Bertz CT molecular complexity index is 474. The highest BCUT2D eigenvalue weighted by atomic mass is 35.5. The van der Waals surface area contributed by atoms with E-state index in [2.05, 4.69) is 10.6 Å². The van der Waals surface area contributed by atoms with Gasteiger partial charge in [-0.05, 0) is 31.5 Å². The van der Waals surface area contributed by atoms with E-state index in [1.54, 1.807) is 7.11 Å². The molecule has 2 N–H and O–H groups in total. The van der Waals surface area contributed by atoms with Gasteiger partial charge in [0.2, 0.25) is 0 Å². The van der Waals surface area contributed by atoms with E-state index in [1.165, 1.54) is 18.2 Å². The van der Waals surface area contributed by atoms with Crippen LogP contribution in [-0.2, 0) is 4.74 Å². The monoisotopic (exact) mass is 336 g/mol. The van der Waals surface area contributed by atoms with E-state index in [4.69, 9.17) is 16.3 Å². The van der Waals surface area contributed by atoms with Crippen LogP contribution in [0.3, 0.4) is 0 Å². The van der Waals surface area contributed by atoms with Crippen molar-refractivity contribution in [2.75, 3.05) is 26.8 Å². The fourth-order valence-electron chi connectivity index (χ4n) is 2.52. The van der Waals surface area contributed by atoms with Crippen molar-refractivity contribution in [2.24, 2.45) is 0 Å². The van der Waals surface area contributed by atoms with E-state index < -0.39 is 11.7 Å². The molecular weight excluding hydrogens is 318 g/mol. The van der Waals surface area contributed by atoms with Crippen LogP contribution < -0.4 is 10.6 Å². The number of hydrogen-bond donors (Lipinski definition) is 2. The van der Waals surface area contributed by atoms with E-state index in [1.807, 2.05) is 0 Å². The molecule has 1 fully saturated rings. The van der Waals surface area contributed by atoms with Gasteiger partial charge < -0.3 is 15.4 Å². The zero-order chi connectivity index (χ0) is 14.6. The topological polar surface area (TPSA) is 50.4 Å². The molecule has 2 rings (SSSR count). The minimum Gasteiger partial charge on any atom is -0.383 e. The third kappa shape index (κ3) is 4.30. The van der Waals surface area contributed by atoms with Gasteiger partial charge in [0.1, 0.15) is 5.82 Å². The summed E-state index contributed by atoms with van der Waals surface area (Å²) in [6.07, 6.45) is 1.94. The molecule has 4 nitrogen and oxygen atoms in total. The summed E-state index contributed by atoms with van der Waals surface area (Å²) >= 11 is 5.87. The van der Waals surface area contributed by atoms with Crippen molar-refractivity contribution >= 4 is 29.9 Å². The Labute approximate surface area is 134 Å². The van der Waals surface area contributed by atoms with Gasteiger partial charge in [0.05, 0.1) is 22.7 Å². The fourth-order valence-corrected chi connectivity index (χ4v) is 2.77. The number of rotatable bonds is 5. The molecule has 1 aliphatic heterocycles. The molecule has 0 radical (unpaired) electrons. The summed E-state index contributed by atoms with van der Waals surface area (Å²) in [5, 5.41) is 6.20. The zero-order valence-corrected chi connectivity index (χ0v) is 13.3.